The highest BCUT2D eigenvalue weighted by Crippen LogP contribution is 2.32. The Labute approximate surface area is 163 Å². The van der Waals surface area contributed by atoms with E-state index >= 15 is 0 Å². The van der Waals surface area contributed by atoms with Crippen molar-refractivity contribution < 1.29 is 13.2 Å². The van der Waals surface area contributed by atoms with Crippen LogP contribution in [0.2, 0.25) is 5.02 Å². The number of carbonyl (C=O) groups excluding carboxylic acids is 1. The Morgan fingerprint density at radius 2 is 1.96 bits per heavy atom. The Kier molecular flexibility index (Phi) is 5.40. The summed E-state index contributed by atoms with van der Waals surface area (Å²) in [6, 6.07) is 8.25. The quantitative estimate of drug-likeness (QED) is 0.843. The van der Waals surface area contributed by atoms with E-state index in [0.717, 1.165) is 18.2 Å². The molecular weight excluding hydrogens is 386 g/mol. The summed E-state index contributed by atoms with van der Waals surface area (Å²) in [6.45, 7) is 1.72. The van der Waals surface area contributed by atoms with Crippen molar-refractivity contribution in [1.29, 1.82) is 0 Å². The third kappa shape index (κ3) is 4.39. The van der Waals surface area contributed by atoms with Gasteiger partial charge in [-0.2, -0.15) is 0 Å². The molecule has 1 aromatic heterocycles. The van der Waals surface area contributed by atoms with Gasteiger partial charge in [-0.1, -0.05) is 29.8 Å². The number of carbonyl (C=O) groups is 1. The molecule has 0 radical (unpaired) electrons. The molecule has 1 N–H and O–H groups in total. The molecule has 0 aliphatic heterocycles. The average Bonchev–Trinajstić information content (AvgIpc) is 2.99. The van der Waals surface area contributed by atoms with E-state index in [9.17, 15) is 18.0 Å². The van der Waals surface area contributed by atoms with E-state index < -0.39 is 9.84 Å². The van der Waals surface area contributed by atoms with Gasteiger partial charge in [-0.15, -0.1) is 0 Å². The van der Waals surface area contributed by atoms with Crippen molar-refractivity contribution in [3.05, 3.63) is 68.6 Å². The van der Waals surface area contributed by atoms with Crippen LogP contribution in [0.3, 0.4) is 0 Å². The first-order chi connectivity index (χ1) is 12.6. The monoisotopic (exact) mass is 405 g/mol. The van der Waals surface area contributed by atoms with Gasteiger partial charge in [-0.3, -0.25) is 9.59 Å². The summed E-state index contributed by atoms with van der Waals surface area (Å²) in [5, 5.41) is 0.123. The van der Waals surface area contributed by atoms with Crippen LogP contribution in [0.15, 0.2) is 46.1 Å². The lowest BCUT2D eigenvalue weighted by atomic mass is 9.96. The van der Waals surface area contributed by atoms with Crippen LogP contribution in [-0.4, -0.2) is 25.4 Å². The highest BCUT2D eigenvalue weighted by Gasteiger charge is 2.22. The Morgan fingerprint density at radius 3 is 2.52 bits per heavy atom. The Morgan fingerprint density at radius 1 is 1.22 bits per heavy atom. The van der Waals surface area contributed by atoms with E-state index in [1.54, 1.807) is 31.2 Å². The summed E-state index contributed by atoms with van der Waals surface area (Å²) >= 11 is 6.21. The fourth-order valence-electron chi connectivity index (χ4n) is 3.24. The molecule has 1 heterocycles. The smallest absolute Gasteiger partial charge is 0.251 e. The molecule has 0 saturated heterocycles. The Hall–Kier alpha value is -2.18. The van der Waals surface area contributed by atoms with Crippen LogP contribution in [0.1, 0.15) is 36.1 Å². The number of hydrogen-bond acceptors (Lipinski definition) is 4. The van der Waals surface area contributed by atoms with Crippen LogP contribution < -0.4 is 5.56 Å². The molecule has 1 saturated carbocycles. The summed E-state index contributed by atoms with van der Waals surface area (Å²) in [5.41, 5.74) is 2.42. The highest BCUT2D eigenvalue weighted by atomic mass is 35.5. The molecule has 0 bridgehead atoms. The lowest BCUT2D eigenvalue weighted by Crippen LogP contribution is -2.11. The van der Waals surface area contributed by atoms with Gasteiger partial charge >= 0.3 is 0 Å². The fourth-order valence-corrected chi connectivity index (χ4v) is 4.56. The van der Waals surface area contributed by atoms with E-state index in [4.69, 9.17) is 11.6 Å². The third-order valence-corrected chi connectivity index (χ3v) is 6.30. The number of allylic oxidation sites excluding steroid dienone is 1. The van der Waals surface area contributed by atoms with Crippen LogP contribution in [0, 0.1) is 12.8 Å². The number of nitrogens with one attached hydrogen (secondary N) is 1. The second-order valence-corrected chi connectivity index (χ2v) is 9.31. The number of sulfone groups is 1. The zero-order valence-electron chi connectivity index (χ0n) is 15.1. The van der Waals surface area contributed by atoms with Crippen molar-refractivity contribution >= 4 is 32.8 Å². The minimum atomic E-state index is -3.44. The standard InChI is InChI=1S/C20H20ClNO4S/c1-12-3-7-18(22-20(12)24)16(10-13-4-6-15(23)9-13)14-5-8-19(17(21)11-14)27(2,25)26/h3,5,7-8,10-11,13H,4,6,9H2,1-2H3,(H,22,24)/t13-/m0/s1. The number of rotatable bonds is 4. The summed E-state index contributed by atoms with van der Waals surface area (Å²) in [5.74, 6) is 0.295. The SMILES string of the molecule is Cc1ccc(C(=C[C@H]2CCC(=O)C2)c2ccc(S(C)(=O)=O)c(Cl)c2)[nH]c1=O. The summed E-state index contributed by atoms with van der Waals surface area (Å²) < 4.78 is 23.6. The molecule has 0 spiro atoms. The summed E-state index contributed by atoms with van der Waals surface area (Å²) in [6.07, 6.45) is 4.85. The number of hydrogen-bond donors (Lipinski definition) is 1. The number of aromatic nitrogens is 1. The topological polar surface area (TPSA) is 84.1 Å². The molecule has 1 aliphatic carbocycles. The predicted molar refractivity (Wildman–Crippen MR) is 106 cm³/mol. The number of ketones is 1. The fraction of sp³-hybridized carbons (Fsp3) is 0.300. The maximum absolute atomic E-state index is 12.1. The summed E-state index contributed by atoms with van der Waals surface area (Å²) in [7, 11) is -3.44. The molecule has 3 rings (SSSR count). The molecule has 0 unspecified atom stereocenters. The molecule has 5 nitrogen and oxygen atoms in total. The number of pyridine rings is 1. The first-order valence-corrected chi connectivity index (χ1v) is 10.9. The predicted octanol–water partition coefficient (Wildman–Crippen LogP) is 3.54. The Bertz CT molecular complexity index is 1100. The average molecular weight is 406 g/mol. The van der Waals surface area contributed by atoms with Crippen LogP contribution in [0.5, 0.6) is 0 Å². The van der Waals surface area contributed by atoms with E-state index in [0.29, 0.717) is 29.7 Å². The van der Waals surface area contributed by atoms with Gasteiger partial charge in [0.05, 0.1) is 9.92 Å². The van der Waals surface area contributed by atoms with Crippen LogP contribution >= 0.6 is 11.6 Å². The number of aromatic amines is 1. The lowest BCUT2D eigenvalue weighted by molar-refractivity contribution is -0.117. The molecule has 27 heavy (non-hydrogen) atoms. The van der Waals surface area contributed by atoms with E-state index in [-0.39, 0.29) is 27.2 Å². The zero-order chi connectivity index (χ0) is 19.8. The Balaban J connectivity index is 2.13. The molecule has 2 aromatic rings. The van der Waals surface area contributed by atoms with Gasteiger partial charge in [0, 0.05) is 35.9 Å². The normalized spacial score (nSPS) is 18.1. The van der Waals surface area contributed by atoms with Crippen molar-refractivity contribution in [2.45, 2.75) is 31.1 Å². The number of H-pyrrole nitrogens is 1. The number of benzene rings is 1. The largest absolute Gasteiger partial charge is 0.322 e. The van der Waals surface area contributed by atoms with Crippen molar-refractivity contribution in [2.75, 3.05) is 6.26 Å². The van der Waals surface area contributed by atoms with Crippen LogP contribution in [0.4, 0.5) is 0 Å². The van der Waals surface area contributed by atoms with Gasteiger partial charge in [-0.25, -0.2) is 8.42 Å². The van der Waals surface area contributed by atoms with Crippen molar-refractivity contribution in [3.63, 3.8) is 0 Å². The molecule has 1 fully saturated rings. The molecule has 142 valence electrons. The molecule has 1 aliphatic rings. The number of Topliss-reactive ketones (excluding diaryl/α,β-unsaturated/α-hetero) is 1. The minimum absolute atomic E-state index is 0.0562. The van der Waals surface area contributed by atoms with Crippen molar-refractivity contribution in [3.8, 4) is 0 Å². The second kappa shape index (κ2) is 7.44. The molecule has 1 atom stereocenters. The van der Waals surface area contributed by atoms with Gasteiger partial charge in [-0.05, 0) is 43.0 Å². The van der Waals surface area contributed by atoms with Crippen molar-refractivity contribution in [2.24, 2.45) is 5.92 Å². The molecule has 1 aromatic carbocycles. The number of aryl methyl sites for hydroxylation is 1. The molecule has 7 heteroatoms. The van der Waals surface area contributed by atoms with Crippen LogP contribution in [0.25, 0.3) is 5.57 Å². The van der Waals surface area contributed by atoms with Gasteiger partial charge < -0.3 is 4.98 Å². The van der Waals surface area contributed by atoms with Gasteiger partial charge in [0.1, 0.15) is 5.78 Å². The number of halogens is 1. The highest BCUT2D eigenvalue weighted by molar-refractivity contribution is 7.90. The lowest BCUT2D eigenvalue weighted by Gasteiger charge is -2.13. The summed E-state index contributed by atoms with van der Waals surface area (Å²) in [4.78, 5) is 26.6. The minimum Gasteiger partial charge on any atom is -0.322 e. The van der Waals surface area contributed by atoms with Gasteiger partial charge in [0.15, 0.2) is 9.84 Å². The first kappa shape index (κ1) is 19.6. The van der Waals surface area contributed by atoms with E-state index in [2.05, 4.69) is 4.98 Å². The van der Waals surface area contributed by atoms with E-state index in [1.165, 1.54) is 6.07 Å². The third-order valence-electron chi connectivity index (χ3n) is 4.73. The van der Waals surface area contributed by atoms with Crippen molar-refractivity contribution in [1.82, 2.24) is 4.98 Å². The maximum Gasteiger partial charge on any atom is 0.251 e. The molecule has 0 amide bonds. The zero-order valence-corrected chi connectivity index (χ0v) is 16.7. The van der Waals surface area contributed by atoms with E-state index in [1.807, 2.05) is 6.08 Å². The van der Waals surface area contributed by atoms with Gasteiger partial charge in [0.2, 0.25) is 0 Å². The molecular formula is C20H20ClNO4S. The van der Waals surface area contributed by atoms with Gasteiger partial charge in [0.25, 0.3) is 5.56 Å². The van der Waals surface area contributed by atoms with Crippen LogP contribution in [-0.2, 0) is 14.6 Å². The maximum atomic E-state index is 12.1. The second-order valence-electron chi connectivity index (χ2n) is 6.92. The first-order valence-electron chi connectivity index (χ1n) is 8.59.